The van der Waals surface area contributed by atoms with Crippen LogP contribution in [0.2, 0.25) is 5.02 Å². The van der Waals surface area contributed by atoms with Crippen molar-refractivity contribution in [1.29, 1.82) is 0 Å². The molecule has 0 aliphatic carbocycles. The molecule has 1 aliphatic heterocycles. The summed E-state index contributed by atoms with van der Waals surface area (Å²) in [7, 11) is 0. The van der Waals surface area contributed by atoms with Gasteiger partial charge in [0.2, 0.25) is 0 Å². The van der Waals surface area contributed by atoms with Crippen LogP contribution in [0.25, 0.3) is 0 Å². The largest absolute Gasteiger partial charge is 0.310 e. The molecule has 13 heavy (non-hydrogen) atoms. The van der Waals surface area contributed by atoms with Crippen molar-refractivity contribution in [2.75, 3.05) is 6.54 Å². The quantitative estimate of drug-likeness (QED) is 0.734. The van der Waals surface area contributed by atoms with Gasteiger partial charge in [-0.2, -0.15) is 0 Å². The minimum Gasteiger partial charge on any atom is -0.310 e. The van der Waals surface area contributed by atoms with Gasteiger partial charge in [0.1, 0.15) is 5.82 Å². The normalized spacial score (nSPS) is 21.3. The average Bonchev–Trinajstić information content (AvgIpc) is 2.02. The Balaban J connectivity index is 2.46. The molecular weight excluding hydrogens is 189 g/mol. The van der Waals surface area contributed by atoms with Crippen LogP contribution in [0.3, 0.4) is 0 Å². The Hall–Kier alpha value is -0.600. The van der Waals surface area contributed by atoms with Gasteiger partial charge in [0.15, 0.2) is 0 Å². The van der Waals surface area contributed by atoms with E-state index in [9.17, 15) is 4.39 Å². The third-order valence-corrected chi connectivity index (χ3v) is 2.82. The van der Waals surface area contributed by atoms with Gasteiger partial charge in [-0.3, -0.25) is 0 Å². The molecule has 0 radical (unpaired) electrons. The molecule has 0 saturated carbocycles. The zero-order valence-corrected chi connectivity index (χ0v) is 8.16. The predicted octanol–water partition coefficient (Wildman–Crippen LogP) is 2.82. The average molecular weight is 200 g/mol. The highest BCUT2D eigenvalue weighted by Gasteiger charge is 2.24. The van der Waals surface area contributed by atoms with E-state index in [1.54, 1.807) is 19.1 Å². The fourth-order valence-electron chi connectivity index (χ4n) is 1.53. The predicted molar refractivity (Wildman–Crippen MR) is 51.5 cm³/mol. The topological polar surface area (TPSA) is 12.0 Å². The highest BCUT2D eigenvalue weighted by Crippen LogP contribution is 2.32. The maximum Gasteiger partial charge on any atom is 0.132 e. The van der Waals surface area contributed by atoms with Gasteiger partial charge >= 0.3 is 0 Å². The zero-order valence-electron chi connectivity index (χ0n) is 7.40. The van der Waals surface area contributed by atoms with E-state index in [-0.39, 0.29) is 11.9 Å². The molecule has 1 aliphatic rings. The van der Waals surface area contributed by atoms with Crippen molar-refractivity contribution in [3.63, 3.8) is 0 Å². The lowest BCUT2D eigenvalue weighted by molar-refractivity contribution is 0.370. The molecule has 70 valence electrons. The van der Waals surface area contributed by atoms with Gasteiger partial charge in [-0.1, -0.05) is 17.7 Å². The van der Waals surface area contributed by atoms with E-state index in [1.807, 2.05) is 0 Å². The summed E-state index contributed by atoms with van der Waals surface area (Å²) in [5.74, 6) is -0.162. The molecule has 3 heteroatoms. The van der Waals surface area contributed by atoms with Crippen molar-refractivity contribution in [2.24, 2.45) is 0 Å². The fourth-order valence-corrected chi connectivity index (χ4v) is 1.81. The number of nitrogens with one attached hydrogen (secondary N) is 1. The van der Waals surface area contributed by atoms with Crippen molar-refractivity contribution in [3.8, 4) is 0 Å². The molecule has 2 rings (SSSR count). The maximum absolute atomic E-state index is 13.6. The van der Waals surface area contributed by atoms with Crippen LogP contribution >= 0.6 is 11.6 Å². The van der Waals surface area contributed by atoms with Gasteiger partial charge in [-0.15, -0.1) is 0 Å². The Labute approximate surface area is 81.9 Å². The summed E-state index contributed by atoms with van der Waals surface area (Å²) in [6, 6.07) is 3.59. The van der Waals surface area contributed by atoms with E-state index in [1.165, 1.54) is 0 Å². The molecule has 0 bridgehead atoms. The summed E-state index contributed by atoms with van der Waals surface area (Å²) in [5.41, 5.74) is 1.29. The van der Waals surface area contributed by atoms with Crippen molar-refractivity contribution in [3.05, 3.63) is 34.1 Å². The summed E-state index contributed by atoms with van der Waals surface area (Å²) in [6.07, 6.45) is 0.972. The first-order valence-electron chi connectivity index (χ1n) is 4.38. The number of hydrogen-bond donors (Lipinski definition) is 1. The van der Waals surface area contributed by atoms with E-state index in [4.69, 9.17) is 11.6 Å². The monoisotopic (exact) mass is 199 g/mol. The minimum atomic E-state index is -0.162. The van der Waals surface area contributed by atoms with Crippen LogP contribution < -0.4 is 5.32 Å². The molecule has 1 saturated heterocycles. The summed E-state index contributed by atoms with van der Waals surface area (Å²) < 4.78 is 13.6. The van der Waals surface area contributed by atoms with Gasteiger partial charge in [0, 0.05) is 16.6 Å². The van der Waals surface area contributed by atoms with Crippen molar-refractivity contribution < 1.29 is 4.39 Å². The minimum absolute atomic E-state index is 0.118. The molecule has 0 unspecified atom stereocenters. The molecule has 0 aromatic heterocycles. The van der Waals surface area contributed by atoms with E-state index < -0.39 is 0 Å². The first kappa shape index (κ1) is 8.97. The highest BCUT2D eigenvalue weighted by molar-refractivity contribution is 6.31. The summed E-state index contributed by atoms with van der Waals surface area (Å²) in [6.45, 7) is 2.71. The fraction of sp³-hybridized carbons (Fsp3) is 0.400. The van der Waals surface area contributed by atoms with Crippen molar-refractivity contribution in [2.45, 2.75) is 19.4 Å². The molecule has 0 amide bonds. The van der Waals surface area contributed by atoms with Crippen LogP contribution in [-0.2, 0) is 0 Å². The third-order valence-electron chi connectivity index (χ3n) is 2.49. The van der Waals surface area contributed by atoms with Crippen molar-refractivity contribution >= 4 is 11.6 Å². The van der Waals surface area contributed by atoms with Crippen LogP contribution in [0, 0.1) is 12.7 Å². The molecule has 1 heterocycles. The maximum atomic E-state index is 13.6. The standard InChI is InChI=1S/C10H11ClFN/c1-6-2-3-7(11)9(10(6)12)8-4-5-13-8/h2-3,8,13H,4-5H2,1H3/t8-/m0/s1. The molecule has 1 aromatic rings. The van der Waals surface area contributed by atoms with E-state index in [0.29, 0.717) is 16.1 Å². The first-order chi connectivity index (χ1) is 6.20. The third kappa shape index (κ3) is 1.45. The molecule has 1 N–H and O–H groups in total. The number of benzene rings is 1. The first-order valence-corrected chi connectivity index (χ1v) is 4.76. The Morgan fingerprint density at radius 3 is 2.77 bits per heavy atom. The lowest BCUT2D eigenvalue weighted by atomic mass is 9.96. The molecule has 0 spiro atoms. The number of rotatable bonds is 1. The number of aryl methyl sites for hydroxylation is 1. The second-order valence-corrected chi connectivity index (χ2v) is 3.79. The molecule has 1 fully saturated rings. The van der Waals surface area contributed by atoms with Crippen LogP contribution in [0.15, 0.2) is 12.1 Å². The van der Waals surface area contributed by atoms with E-state index in [2.05, 4.69) is 5.32 Å². The summed E-state index contributed by atoms with van der Waals surface area (Å²) in [4.78, 5) is 0. The molecular formula is C10H11ClFN. The smallest absolute Gasteiger partial charge is 0.132 e. The van der Waals surface area contributed by atoms with Crippen LogP contribution in [0.1, 0.15) is 23.6 Å². The second kappa shape index (κ2) is 3.28. The number of hydrogen-bond acceptors (Lipinski definition) is 1. The Bertz CT molecular complexity index is 334. The van der Waals surface area contributed by atoms with Gasteiger partial charge in [0.25, 0.3) is 0 Å². The summed E-state index contributed by atoms with van der Waals surface area (Å²) >= 11 is 5.93. The Morgan fingerprint density at radius 2 is 2.23 bits per heavy atom. The zero-order chi connectivity index (χ0) is 9.42. The lowest BCUT2D eigenvalue weighted by Gasteiger charge is -2.29. The van der Waals surface area contributed by atoms with Crippen molar-refractivity contribution in [1.82, 2.24) is 5.32 Å². The molecule has 1 aromatic carbocycles. The highest BCUT2D eigenvalue weighted by atomic mass is 35.5. The lowest BCUT2D eigenvalue weighted by Crippen LogP contribution is -2.35. The Morgan fingerprint density at radius 1 is 1.54 bits per heavy atom. The van der Waals surface area contributed by atoms with Crippen LogP contribution in [0.5, 0.6) is 0 Å². The van der Waals surface area contributed by atoms with Gasteiger partial charge in [-0.25, -0.2) is 4.39 Å². The second-order valence-electron chi connectivity index (χ2n) is 3.39. The summed E-state index contributed by atoms with van der Waals surface area (Å²) in [5, 5.41) is 3.67. The van der Waals surface area contributed by atoms with Gasteiger partial charge in [0.05, 0.1) is 0 Å². The van der Waals surface area contributed by atoms with E-state index in [0.717, 1.165) is 13.0 Å². The van der Waals surface area contributed by atoms with Gasteiger partial charge in [-0.05, 0) is 31.5 Å². The Kier molecular flexibility index (Phi) is 2.26. The van der Waals surface area contributed by atoms with Crippen LogP contribution in [-0.4, -0.2) is 6.54 Å². The van der Waals surface area contributed by atoms with E-state index >= 15 is 0 Å². The SMILES string of the molecule is Cc1ccc(Cl)c([C@@H]2CCN2)c1F. The molecule has 1 nitrogen and oxygen atoms in total. The van der Waals surface area contributed by atoms with Gasteiger partial charge < -0.3 is 5.32 Å². The molecule has 1 atom stereocenters. The number of halogens is 2. The van der Waals surface area contributed by atoms with Crippen LogP contribution in [0.4, 0.5) is 4.39 Å².